The molecule has 0 atom stereocenters. The van der Waals surface area contributed by atoms with Gasteiger partial charge in [0.25, 0.3) is 11.8 Å². The lowest BCUT2D eigenvalue weighted by Gasteiger charge is -2.14. The molecule has 20 heavy (non-hydrogen) atoms. The minimum atomic E-state index is -0.524. The first kappa shape index (κ1) is 13.7. The van der Waals surface area contributed by atoms with E-state index in [0.29, 0.717) is 22.6 Å². The first-order chi connectivity index (χ1) is 9.40. The smallest absolute Gasteiger partial charge is 0.338 e. The summed E-state index contributed by atoms with van der Waals surface area (Å²) >= 11 is 0. The van der Waals surface area contributed by atoms with Crippen molar-refractivity contribution >= 4 is 23.5 Å². The average Bonchev–Trinajstić information content (AvgIpc) is 2.64. The molecule has 0 radical (unpaired) electrons. The molecular formula is C15H13NO4. The SMILES string of the molecule is C=C(C)C(=O)Oc1ccc(N2C(=O)C=C(C)C2=O)cc1. The lowest BCUT2D eigenvalue weighted by molar-refractivity contribution is -0.130. The molecule has 0 N–H and O–H groups in total. The van der Waals surface area contributed by atoms with Gasteiger partial charge in [0, 0.05) is 17.2 Å². The topological polar surface area (TPSA) is 63.7 Å². The Hall–Kier alpha value is -2.69. The minimum absolute atomic E-state index is 0.291. The Morgan fingerprint density at radius 2 is 1.80 bits per heavy atom. The van der Waals surface area contributed by atoms with Gasteiger partial charge < -0.3 is 4.74 Å². The van der Waals surface area contributed by atoms with E-state index >= 15 is 0 Å². The highest BCUT2D eigenvalue weighted by Gasteiger charge is 2.29. The number of carbonyl (C=O) groups excluding carboxylic acids is 3. The maximum atomic E-state index is 11.8. The molecule has 1 aliphatic heterocycles. The number of amides is 2. The van der Waals surface area contributed by atoms with Crippen LogP contribution in [0.1, 0.15) is 13.8 Å². The van der Waals surface area contributed by atoms with Crippen LogP contribution in [0.25, 0.3) is 0 Å². The fourth-order valence-corrected chi connectivity index (χ4v) is 1.69. The van der Waals surface area contributed by atoms with Crippen LogP contribution >= 0.6 is 0 Å². The molecule has 0 aliphatic carbocycles. The van der Waals surface area contributed by atoms with Crippen molar-refractivity contribution in [1.29, 1.82) is 0 Å². The monoisotopic (exact) mass is 271 g/mol. The maximum absolute atomic E-state index is 11.8. The zero-order valence-corrected chi connectivity index (χ0v) is 11.2. The molecule has 102 valence electrons. The number of ether oxygens (including phenoxy) is 1. The Balaban J connectivity index is 2.17. The zero-order valence-electron chi connectivity index (χ0n) is 11.2. The van der Waals surface area contributed by atoms with E-state index in [-0.39, 0.29) is 11.8 Å². The van der Waals surface area contributed by atoms with E-state index in [4.69, 9.17) is 4.74 Å². The Morgan fingerprint density at radius 3 is 2.25 bits per heavy atom. The number of hydrogen-bond acceptors (Lipinski definition) is 4. The molecule has 0 unspecified atom stereocenters. The molecule has 2 rings (SSSR count). The van der Waals surface area contributed by atoms with E-state index in [0.717, 1.165) is 4.90 Å². The van der Waals surface area contributed by atoms with E-state index < -0.39 is 5.97 Å². The van der Waals surface area contributed by atoms with Gasteiger partial charge in [-0.1, -0.05) is 6.58 Å². The number of benzene rings is 1. The van der Waals surface area contributed by atoms with Crippen molar-refractivity contribution in [2.75, 3.05) is 4.90 Å². The molecule has 5 heteroatoms. The number of nitrogens with zero attached hydrogens (tertiary/aromatic N) is 1. The number of anilines is 1. The molecule has 0 saturated carbocycles. The van der Waals surface area contributed by atoms with Crippen LogP contribution in [0.4, 0.5) is 5.69 Å². The van der Waals surface area contributed by atoms with E-state index in [1.807, 2.05) is 0 Å². The van der Waals surface area contributed by atoms with Crippen molar-refractivity contribution in [3.05, 3.63) is 48.1 Å². The highest BCUT2D eigenvalue weighted by Crippen LogP contribution is 2.24. The highest BCUT2D eigenvalue weighted by molar-refractivity contribution is 6.30. The van der Waals surface area contributed by atoms with Crippen molar-refractivity contribution in [3.63, 3.8) is 0 Å². The van der Waals surface area contributed by atoms with E-state index in [9.17, 15) is 14.4 Å². The Labute approximate surface area is 116 Å². The Kier molecular flexibility index (Phi) is 3.52. The summed E-state index contributed by atoms with van der Waals surface area (Å²) in [5, 5.41) is 0. The van der Waals surface area contributed by atoms with Crippen LogP contribution in [0.5, 0.6) is 5.75 Å². The van der Waals surface area contributed by atoms with Gasteiger partial charge in [-0.15, -0.1) is 0 Å². The number of hydrogen-bond donors (Lipinski definition) is 0. The van der Waals surface area contributed by atoms with Gasteiger partial charge in [0.05, 0.1) is 5.69 Å². The van der Waals surface area contributed by atoms with Crippen LogP contribution < -0.4 is 9.64 Å². The predicted molar refractivity (Wildman–Crippen MR) is 73.1 cm³/mol. The molecule has 1 aromatic carbocycles. The van der Waals surface area contributed by atoms with Gasteiger partial charge in [-0.2, -0.15) is 0 Å². The third-order valence-corrected chi connectivity index (χ3v) is 2.75. The Morgan fingerprint density at radius 1 is 1.20 bits per heavy atom. The van der Waals surface area contributed by atoms with E-state index in [1.165, 1.54) is 18.2 Å². The van der Waals surface area contributed by atoms with Crippen LogP contribution in [0.3, 0.4) is 0 Å². The van der Waals surface area contributed by atoms with Crippen LogP contribution in [-0.4, -0.2) is 17.8 Å². The van der Waals surface area contributed by atoms with Gasteiger partial charge in [-0.05, 0) is 38.1 Å². The second kappa shape index (κ2) is 5.13. The van der Waals surface area contributed by atoms with Gasteiger partial charge in [-0.3, -0.25) is 9.59 Å². The maximum Gasteiger partial charge on any atom is 0.338 e. The largest absolute Gasteiger partial charge is 0.423 e. The van der Waals surface area contributed by atoms with Gasteiger partial charge in [0.2, 0.25) is 0 Å². The summed E-state index contributed by atoms with van der Waals surface area (Å²) in [6.45, 7) is 6.62. The van der Waals surface area contributed by atoms with Gasteiger partial charge in [0.15, 0.2) is 0 Å². The van der Waals surface area contributed by atoms with Gasteiger partial charge >= 0.3 is 5.97 Å². The van der Waals surface area contributed by atoms with Crippen molar-refractivity contribution in [2.24, 2.45) is 0 Å². The summed E-state index contributed by atoms with van der Waals surface area (Å²) in [6, 6.07) is 6.13. The minimum Gasteiger partial charge on any atom is -0.423 e. The van der Waals surface area contributed by atoms with Crippen molar-refractivity contribution < 1.29 is 19.1 Å². The molecule has 1 aliphatic rings. The predicted octanol–water partition coefficient (Wildman–Crippen LogP) is 1.99. The molecule has 1 heterocycles. The summed E-state index contributed by atoms with van der Waals surface area (Å²) in [5.74, 6) is -0.921. The molecular weight excluding hydrogens is 258 g/mol. The number of rotatable bonds is 3. The number of imide groups is 1. The lowest BCUT2D eigenvalue weighted by Crippen LogP contribution is -2.30. The molecule has 1 aromatic rings. The second-order valence-corrected chi connectivity index (χ2v) is 4.47. The highest BCUT2D eigenvalue weighted by atomic mass is 16.5. The fraction of sp³-hybridized carbons (Fsp3) is 0.133. The van der Waals surface area contributed by atoms with Gasteiger partial charge in [0.1, 0.15) is 5.75 Å². The molecule has 0 bridgehead atoms. The van der Waals surface area contributed by atoms with Crippen molar-refractivity contribution in [2.45, 2.75) is 13.8 Å². The first-order valence-electron chi connectivity index (χ1n) is 5.94. The summed E-state index contributed by atoms with van der Waals surface area (Å²) in [4.78, 5) is 35.9. The molecule has 0 aromatic heterocycles. The van der Waals surface area contributed by atoms with Crippen LogP contribution in [0.2, 0.25) is 0 Å². The van der Waals surface area contributed by atoms with Crippen molar-refractivity contribution in [3.8, 4) is 5.75 Å². The summed E-state index contributed by atoms with van der Waals surface area (Å²) in [5.41, 5.74) is 1.12. The molecule has 2 amide bonds. The molecule has 0 saturated heterocycles. The molecule has 0 spiro atoms. The fourth-order valence-electron chi connectivity index (χ4n) is 1.69. The normalized spacial score (nSPS) is 14.3. The van der Waals surface area contributed by atoms with Crippen LogP contribution in [-0.2, 0) is 14.4 Å². The summed E-state index contributed by atoms with van der Waals surface area (Å²) < 4.78 is 5.03. The first-order valence-corrected chi connectivity index (χ1v) is 5.94. The standard InChI is InChI=1S/C15H13NO4/c1-9(2)15(19)20-12-6-4-11(5-7-12)16-13(17)8-10(3)14(16)18/h4-8H,1H2,2-3H3. The third kappa shape index (κ3) is 2.51. The van der Waals surface area contributed by atoms with Crippen molar-refractivity contribution in [1.82, 2.24) is 0 Å². The third-order valence-electron chi connectivity index (χ3n) is 2.75. The molecule has 5 nitrogen and oxygen atoms in total. The quantitative estimate of drug-likeness (QED) is 0.365. The number of esters is 1. The zero-order chi connectivity index (χ0) is 14.9. The summed E-state index contributed by atoms with van der Waals surface area (Å²) in [7, 11) is 0. The van der Waals surface area contributed by atoms with Crippen LogP contribution in [0.15, 0.2) is 48.1 Å². The van der Waals surface area contributed by atoms with Gasteiger partial charge in [-0.25, -0.2) is 9.69 Å². The van der Waals surface area contributed by atoms with Crippen LogP contribution in [0, 0.1) is 0 Å². The lowest BCUT2D eigenvalue weighted by atomic mass is 10.2. The summed E-state index contributed by atoms with van der Waals surface area (Å²) in [6.07, 6.45) is 1.29. The second-order valence-electron chi connectivity index (χ2n) is 4.47. The Bertz CT molecular complexity index is 640. The van der Waals surface area contributed by atoms with E-state index in [2.05, 4.69) is 6.58 Å². The number of carbonyl (C=O) groups is 3. The average molecular weight is 271 g/mol. The molecule has 0 fully saturated rings. The van der Waals surface area contributed by atoms with E-state index in [1.54, 1.807) is 26.0 Å².